The third-order valence-corrected chi connectivity index (χ3v) is 2.30. The standard InChI is InChI=1S/C14H21N3O3/c1-14(2,3)20-13(19)17-9-8-16-11-7-5-4-6-10(11)12(15)18/h4-7,16H,8-9H2,1-3H3,(H2,15,18)(H,17,19). The summed E-state index contributed by atoms with van der Waals surface area (Å²) in [7, 11) is 0. The minimum absolute atomic E-state index is 0.377. The zero-order valence-corrected chi connectivity index (χ0v) is 12.0. The van der Waals surface area contributed by atoms with Crippen molar-refractivity contribution in [3.63, 3.8) is 0 Å². The van der Waals surface area contributed by atoms with Crippen LogP contribution in [0, 0.1) is 0 Å². The molecule has 0 unspecified atom stereocenters. The van der Waals surface area contributed by atoms with Gasteiger partial charge in [-0.1, -0.05) is 12.1 Å². The third kappa shape index (κ3) is 5.60. The second-order valence-corrected chi connectivity index (χ2v) is 5.27. The maximum absolute atomic E-state index is 11.4. The summed E-state index contributed by atoms with van der Waals surface area (Å²) in [4.78, 5) is 22.6. The highest BCUT2D eigenvalue weighted by Gasteiger charge is 2.15. The van der Waals surface area contributed by atoms with E-state index < -0.39 is 17.6 Å². The minimum atomic E-state index is -0.518. The number of amides is 2. The second kappa shape index (κ2) is 6.79. The molecule has 0 saturated carbocycles. The van der Waals surface area contributed by atoms with E-state index in [1.807, 2.05) is 0 Å². The van der Waals surface area contributed by atoms with E-state index in [9.17, 15) is 9.59 Å². The van der Waals surface area contributed by atoms with Gasteiger partial charge in [0.25, 0.3) is 5.91 Å². The Morgan fingerprint density at radius 3 is 2.45 bits per heavy atom. The largest absolute Gasteiger partial charge is 0.444 e. The van der Waals surface area contributed by atoms with Crippen molar-refractivity contribution in [2.45, 2.75) is 26.4 Å². The quantitative estimate of drug-likeness (QED) is 0.715. The topological polar surface area (TPSA) is 93.4 Å². The van der Waals surface area contributed by atoms with Crippen LogP contribution in [0.1, 0.15) is 31.1 Å². The van der Waals surface area contributed by atoms with Crippen LogP contribution in [0.2, 0.25) is 0 Å². The number of para-hydroxylation sites is 1. The predicted octanol–water partition coefficient (Wildman–Crippen LogP) is 1.72. The van der Waals surface area contributed by atoms with E-state index in [2.05, 4.69) is 10.6 Å². The van der Waals surface area contributed by atoms with Crippen LogP contribution >= 0.6 is 0 Å². The van der Waals surface area contributed by atoms with Gasteiger partial charge in [0, 0.05) is 18.8 Å². The Balaban J connectivity index is 2.39. The van der Waals surface area contributed by atoms with Crippen LogP contribution in [0.3, 0.4) is 0 Å². The number of carbonyl (C=O) groups is 2. The molecule has 0 aliphatic carbocycles. The summed E-state index contributed by atoms with van der Waals surface area (Å²) in [5.74, 6) is -0.492. The van der Waals surface area contributed by atoms with Crippen LogP contribution < -0.4 is 16.4 Å². The number of anilines is 1. The van der Waals surface area contributed by atoms with Gasteiger partial charge < -0.3 is 21.1 Å². The molecule has 0 aliphatic rings. The lowest BCUT2D eigenvalue weighted by Crippen LogP contribution is -2.35. The van der Waals surface area contributed by atoms with Gasteiger partial charge in [-0.15, -0.1) is 0 Å². The Morgan fingerprint density at radius 1 is 1.20 bits per heavy atom. The normalized spacial score (nSPS) is 10.8. The molecule has 6 heteroatoms. The smallest absolute Gasteiger partial charge is 0.407 e. The molecule has 1 rings (SSSR count). The van der Waals surface area contributed by atoms with Gasteiger partial charge in [0.05, 0.1) is 5.56 Å². The Kier molecular flexibility index (Phi) is 5.37. The van der Waals surface area contributed by atoms with E-state index >= 15 is 0 Å². The Hall–Kier alpha value is -2.24. The van der Waals surface area contributed by atoms with E-state index in [4.69, 9.17) is 10.5 Å². The first-order chi connectivity index (χ1) is 9.29. The molecule has 0 aromatic heterocycles. The summed E-state index contributed by atoms with van der Waals surface area (Å²) in [5, 5.41) is 5.66. The summed E-state index contributed by atoms with van der Waals surface area (Å²) >= 11 is 0. The molecule has 2 amide bonds. The molecule has 0 radical (unpaired) electrons. The molecule has 0 heterocycles. The van der Waals surface area contributed by atoms with E-state index in [1.165, 1.54) is 0 Å². The maximum atomic E-state index is 11.4. The van der Waals surface area contributed by atoms with Crippen LogP contribution in [0.5, 0.6) is 0 Å². The first-order valence-corrected chi connectivity index (χ1v) is 6.39. The van der Waals surface area contributed by atoms with Crippen LogP contribution in [0.25, 0.3) is 0 Å². The average molecular weight is 279 g/mol. The fraction of sp³-hybridized carbons (Fsp3) is 0.429. The number of rotatable bonds is 5. The lowest BCUT2D eigenvalue weighted by Gasteiger charge is -2.19. The van der Waals surface area contributed by atoms with E-state index in [-0.39, 0.29) is 0 Å². The fourth-order valence-electron chi connectivity index (χ4n) is 1.53. The summed E-state index contributed by atoms with van der Waals surface area (Å²) in [6, 6.07) is 6.94. The lowest BCUT2D eigenvalue weighted by molar-refractivity contribution is 0.0530. The van der Waals surface area contributed by atoms with Gasteiger partial charge in [-0.05, 0) is 32.9 Å². The number of nitrogens with two attached hydrogens (primary N) is 1. The molecule has 0 spiro atoms. The molecule has 0 saturated heterocycles. The summed E-state index contributed by atoms with van der Waals surface area (Å²) < 4.78 is 5.10. The van der Waals surface area contributed by atoms with Gasteiger partial charge in [-0.3, -0.25) is 4.79 Å². The van der Waals surface area contributed by atoms with E-state index in [0.29, 0.717) is 24.3 Å². The SMILES string of the molecule is CC(C)(C)OC(=O)NCCNc1ccccc1C(N)=O. The Morgan fingerprint density at radius 2 is 1.85 bits per heavy atom. The van der Waals surface area contributed by atoms with Gasteiger partial charge in [0.1, 0.15) is 5.60 Å². The molecule has 6 nitrogen and oxygen atoms in total. The molecule has 1 aromatic rings. The number of hydrogen-bond acceptors (Lipinski definition) is 4. The number of alkyl carbamates (subject to hydrolysis) is 1. The van der Waals surface area contributed by atoms with Crippen molar-refractivity contribution >= 4 is 17.7 Å². The maximum Gasteiger partial charge on any atom is 0.407 e. The van der Waals surface area contributed by atoms with Crippen LogP contribution in [0.4, 0.5) is 10.5 Å². The van der Waals surface area contributed by atoms with Gasteiger partial charge in [0.2, 0.25) is 0 Å². The highest BCUT2D eigenvalue weighted by Crippen LogP contribution is 2.13. The molecule has 20 heavy (non-hydrogen) atoms. The highest BCUT2D eigenvalue weighted by atomic mass is 16.6. The average Bonchev–Trinajstić information content (AvgIpc) is 2.33. The first kappa shape index (κ1) is 15.8. The number of ether oxygens (including phenoxy) is 1. The number of carbonyl (C=O) groups excluding carboxylic acids is 2. The number of benzene rings is 1. The third-order valence-electron chi connectivity index (χ3n) is 2.30. The molecule has 0 fully saturated rings. The number of hydrogen-bond donors (Lipinski definition) is 3. The number of primary amides is 1. The summed E-state index contributed by atoms with van der Waals surface area (Å²) in [6.07, 6.45) is -0.470. The Bertz CT molecular complexity index is 481. The zero-order valence-electron chi connectivity index (χ0n) is 12.0. The molecule has 4 N–H and O–H groups in total. The van der Waals surface area contributed by atoms with Gasteiger partial charge in [-0.2, -0.15) is 0 Å². The van der Waals surface area contributed by atoms with Crippen molar-refractivity contribution in [2.75, 3.05) is 18.4 Å². The molecule has 0 atom stereocenters. The van der Waals surface area contributed by atoms with Crippen molar-refractivity contribution in [2.24, 2.45) is 5.73 Å². The van der Waals surface area contributed by atoms with Gasteiger partial charge in [-0.25, -0.2) is 4.79 Å². The monoisotopic (exact) mass is 279 g/mol. The predicted molar refractivity (Wildman–Crippen MR) is 77.7 cm³/mol. The Labute approximate surface area is 118 Å². The highest BCUT2D eigenvalue weighted by molar-refractivity contribution is 5.98. The van der Waals surface area contributed by atoms with Crippen LogP contribution in [-0.4, -0.2) is 30.7 Å². The second-order valence-electron chi connectivity index (χ2n) is 5.27. The van der Waals surface area contributed by atoms with Crippen molar-refractivity contribution in [3.05, 3.63) is 29.8 Å². The molecule has 0 aliphatic heterocycles. The zero-order chi connectivity index (χ0) is 15.2. The van der Waals surface area contributed by atoms with Gasteiger partial charge >= 0.3 is 6.09 Å². The molecule has 1 aromatic carbocycles. The summed E-state index contributed by atoms with van der Waals surface area (Å²) in [6.45, 7) is 6.24. The molecular formula is C14H21N3O3. The number of nitrogens with one attached hydrogen (secondary N) is 2. The fourth-order valence-corrected chi connectivity index (χ4v) is 1.53. The summed E-state index contributed by atoms with van der Waals surface area (Å²) in [5.41, 5.74) is 5.82. The van der Waals surface area contributed by atoms with E-state index in [0.717, 1.165) is 0 Å². The molecule has 0 bridgehead atoms. The van der Waals surface area contributed by atoms with Crippen molar-refractivity contribution in [1.29, 1.82) is 0 Å². The molecule has 110 valence electrons. The molecular weight excluding hydrogens is 258 g/mol. The van der Waals surface area contributed by atoms with Gasteiger partial charge in [0.15, 0.2) is 0 Å². The first-order valence-electron chi connectivity index (χ1n) is 6.39. The van der Waals surface area contributed by atoms with E-state index in [1.54, 1.807) is 45.0 Å². The van der Waals surface area contributed by atoms with Crippen molar-refractivity contribution < 1.29 is 14.3 Å². The van der Waals surface area contributed by atoms with Crippen LogP contribution in [-0.2, 0) is 4.74 Å². The lowest BCUT2D eigenvalue weighted by atomic mass is 10.1. The van der Waals surface area contributed by atoms with Crippen molar-refractivity contribution in [1.82, 2.24) is 5.32 Å². The minimum Gasteiger partial charge on any atom is -0.444 e. The van der Waals surface area contributed by atoms with Crippen molar-refractivity contribution in [3.8, 4) is 0 Å². The van der Waals surface area contributed by atoms with Crippen LogP contribution in [0.15, 0.2) is 24.3 Å².